The fourth-order valence-corrected chi connectivity index (χ4v) is 6.99. The molecule has 1 N–H and O–H groups in total. The van der Waals surface area contributed by atoms with E-state index in [0.717, 1.165) is 24.9 Å². The number of likely N-dealkylation sites (tertiary alicyclic amines) is 2. The average molecular weight is 617 g/mol. The number of aromatic hydroxyl groups is 1. The van der Waals surface area contributed by atoms with Crippen molar-refractivity contribution in [1.82, 2.24) is 24.3 Å². The van der Waals surface area contributed by atoms with Crippen LogP contribution in [0.25, 0.3) is 33.1 Å². The van der Waals surface area contributed by atoms with Gasteiger partial charge >= 0.3 is 0 Å². The molecule has 9 nitrogen and oxygen atoms in total. The second kappa shape index (κ2) is 12.1. The first-order chi connectivity index (χ1) is 21.2. The smallest absolute Gasteiger partial charge is 0.246 e. The number of benzene rings is 2. The van der Waals surface area contributed by atoms with Crippen molar-refractivity contribution in [2.75, 3.05) is 26.7 Å². The number of phenols is 1. The van der Waals surface area contributed by atoms with Crippen molar-refractivity contribution in [2.45, 2.75) is 57.2 Å². The number of aryl methyl sites for hydroxylation is 1. The molecule has 4 heterocycles. The molecule has 0 bridgehead atoms. The number of amides is 1. The van der Waals surface area contributed by atoms with Crippen LogP contribution in [0.2, 0.25) is 5.02 Å². The summed E-state index contributed by atoms with van der Waals surface area (Å²) < 4.78 is 24.9. The number of piperidine rings is 1. The van der Waals surface area contributed by atoms with Crippen LogP contribution in [0.5, 0.6) is 11.6 Å². The molecular weight excluding hydrogens is 583 g/mol. The quantitative estimate of drug-likeness (QED) is 0.248. The highest BCUT2D eigenvalue weighted by atomic mass is 35.5. The summed E-state index contributed by atoms with van der Waals surface area (Å²) in [7, 11) is 2.06. The molecule has 2 saturated heterocycles. The van der Waals surface area contributed by atoms with Crippen molar-refractivity contribution in [1.29, 1.82) is 5.26 Å². The van der Waals surface area contributed by atoms with Crippen molar-refractivity contribution in [3.63, 3.8) is 0 Å². The Morgan fingerprint density at radius 3 is 2.82 bits per heavy atom. The van der Waals surface area contributed by atoms with Crippen LogP contribution in [0.3, 0.4) is 0 Å². The van der Waals surface area contributed by atoms with Crippen molar-refractivity contribution in [3.8, 4) is 28.8 Å². The Morgan fingerprint density at radius 2 is 2.09 bits per heavy atom. The summed E-state index contributed by atoms with van der Waals surface area (Å²) >= 11 is 6.80. The van der Waals surface area contributed by atoms with Gasteiger partial charge in [0.15, 0.2) is 11.3 Å². The summed E-state index contributed by atoms with van der Waals surface area (Å²) in [6.45, 7) is 7.26. The molecule has 11 heteroatoms. The lowest BCUT2D eigenvalue weighted by molar-refractivity contribution is -0.130. The number of fused-ring (bicyclic) bond motifs is 3. The molecule has 2 aromatic heterocycles. The lowest BCUT2D eigenvalue weighted by Gasteiger charge is -2.38. The number of pyridine rings is 1. The maximum atomic E-state index is 16.6. The summed E-state index contributed by atoms with van der Waals surface area (Å²) in [5.41, 5.74) is 2.59. The van der Waals surface area contributed by atoms with Crippen molar-refractivity contribution in [3.05, 3.63) is 59.7 Å². The minimum Gasteiger partial charge on any atom is -0.508 e. The van der Waals surface area contributed by atoms with E-state index in [1.54, 1.807) is 29.4 Å². The molecule has 0 radical (unpaired) electrons. The predicted molar refractivity (Wildman–Crippen MR) is 167 cm³/mol. The number of likely N-dealkylation sites (N-methyl/N-ethyl adjacent to an activating group) is 1. The maximum Gasteiger partial charge on any atom is 0.246 e. The van der Waals surface area contributed by atoms with Crippen molar-refractivity contribution >= 4 is 39.4 Å². The van der Waals surface area contributed by atoms with Gasteiger partial charge in [-0.3, -0.25) is 4.79 Å². The molecule has 2 aromatic carbocycles. The van der Waals surface area contributed by atoms with E-state index in [9.17, 15) is 15.2 Å². The fraction of sp³-hybridized carbons (Fsp3) is 0.394. The van der Waals surface area contributed by atoms with E-state index < -0.39 is 5.82 Å². The Balaban J connectivity index is 1.52. The highest BCUT2D eigenvalue weighted by Gasteiger charge is 2.33. The third-order valence-corrected chi connectivity index (χ3v) is 9.40. The third kappa shape index (κ3) is 5.24. The topological polar surface area (TPSA) is 108 Å². The summed E-state index contributed by atoms with van der Waals surface area (Å²) in [5, 5.41) is 20.4. The van der Waals surface area contributed by atoms with Gasteiger partial charge in [0.2, 0.25) is 11.8 Å². The number of hydrogen-bond donors (Lipinski definition) is 1. The van der Waals surface area contributed by atoms with E-state index in [2.05, 4.69) is 24.6 Å². The van der Waals surface area contributed by atoms with Gasteiger partial charge < -0.3 is 24.2 Å². The van der Waals surface area contributed by atoms with Gasteiger partial charge in [0.05, 0.1) is 29.4 Å². The number of aromatic nitrogens is 3. The average Bonchev–Trinajstić information content (AvgIpc) is 3.64. The standard InChI is InChI=1S/C33H34ClFN6O3/c1-4-27(43)40-13-10-21(14-20(40)9-11-36)41-18-37-31-32(41)25-16-26(34)28(24-15-23(42)8-7-19(24)2)29(35)30(25)38-33(31)44-17-22-6-5-12-39(22)3/h4,7-8,15-16,18,20-22,42H,1,5-6,9-10,12-14,17H2,2-3H3/t20?,21?,22-/m0/s1. The van der Waals surface area contributed by atoms with Crippen LogP contribution in [-0.2, 0) is 4.79 Å². The molecular formula is C33H34ClFN6O3. The van der Waals surface area contributed by atoms with Crippen LogP contribution in [-0.4, -0.2) is 74.2 Å². The second-order valence-corrected chi connectivity index (χ2v) is 12.1. The highest BCUT2D eigenvalue weighted by molar-refractivity contribution is 6.34. The maximum absolute atomic E-state index is 16.6. The summed E-state index contributed by atoms with van der Waals surface area (Å²) in [5.74, 6) is -0.586. The molecule has 228 valence electrons. The molecule has 2 aliphatic rings. The minimum absolute atomic E-state index is 0.000517. The third-order valence-electron chi connectivity index (χ3n) is 9.10. The SMILES string of the molecule is C=CC(=O)N1CCC(n2cnc3c(OC[C@@H]4CCCN4C)nc4c(F)c(-c5cc(O)ccc5C)c(Cl)cc4c32)CC1CC#N. The molecule has 0 saturated carbocycles. The molecule has 2 fully saturated rings. The van der Waals surface area contributed by atoms with Gasteiger partial charge in [-0.1, -0.05) is 24.2 Å². The molecule has 2 aliphatic heterocycles. The Bertz CT molecular complexity index is 1820. The van der Waals surface area contributed by atoms with Gasteiger partial charge in [-0.15, -0.1) is 0 Å². The molecule has 0 spiro atoms. The minimum atomic E-state index is -0.618. The number of phenolic OH excluding ortho intramolecular Hbond substituents is 1. The molecule has 0 aliphatic carbocycles. The van der Waals surface area contributed by atoms with E-state index in [0.29, 0.717) is 48.0 Å². The van der Waals surface area contributed by atoms with Crippen molar-refractivity contribution < 1.29 is 19.0 Å². The Kier molecular flexibility index (Phi) is 8.18. The monoisotopic (exact) mass is 616 g/mol. The van der Waals surface area contributed by atoms with Crippen LogP contribution in [0.4, 0.5) is 4.39 Å². The Labute approximate surface area is 260 Å². The number of carbonyl (C=O) groups is 1. The zero-order chi connectivity index (χ0) is 31.1. The van der Waals surface area contributed by atoms with Crippen LogP contribution in [0.1, 0.15) is 43.7 Å². The van der Waals surface area contributed by atoms with Gasteiger partial charge in [-0.25, -0.2) is 14.4 Å². The van der Waals surface area contributed by atoms with E-state index in [1.807, 2.05) is 11.5 Å². The highest BCUT2D eigenvalue weighted by Crippen LogP contribution is 2.43. The van der Waals surface area contributed by atoms with Gasteiger partial charge in [0.25, 0.3) is 0 Å². The van der Waals surface area contributed by atoms with Gasteiger partial charge in [-0.2, -0.15) is 5.26 Å². The van der Waals surface area contributed by atoms with Crippen molar-refractivity contribution in [2.24, 2.45) is 0 Å². The zero-order valence-corrected chi connectivity index (χ0v) is 25.5. The van der Waals surface area contributed by atoms with Crippen LogP contribution >= 0.6 is 11.6 Å². The van der Waals surface area contributed by atoms with Crippen LogP contribution in [0.15, 0.2) is 43.2 Å². The van der Waals surface area contributed by atoms with Gasteiger partial charge in [0, 0.05) is 35.6 Å². The number of nitriles is 1. The summed E-state index contributed by atoms with van der Waals surface area (Å²) in [6.07, 6.45) is 6.36. The van der Waals surface area contributed by atoms with Crippen LogP contribution < -0.4 is 4.74 Å². The number of ether oxygens (including phenoxy) is 1. The van der Waals surface area contributed by atoms with E-state index >= 15 is 4.39 Å². The van der Waals surface area contributed by atoms with Gasteiger partial charge in [-0.05, 0) is 81.6 Å². The fourth-order valence-electron chi connectivity index (χ4n) is 6.69. The molecule has 44 heavy (non-hydrogen) atoms. The first kappa shape index (κ1) is 29.9. The number of imidazole rings is 1. The number of nitrogens with zero attached hydrogens (tertiary/aromatic N) is 6. The molecule has 1 amide bonds. The lowest BCUT2D eigenvalue weighted by Crippen LogP contribution is -2.45. The summed E-state index contributed by atoms with van der Waals surface area (Å²) in [4.78, 5) is 25.9. The molecule has 2 unspecified atom stereocenters. The van der Waals surface area contributed by atoms with E-state index in [-0.39, 0.29) is 58.2 Å². The lowest BCUT2D eigenvalue weighted by atomic mass is 9.94. The second-order valence-electron chi connectivity index (χ2n) is 11.7. The normalized spacial score (nSPS) is 20.7. The number of halogens is 2. The number of carbonyl (C=O) groups excluding carboxylic acids is 1. The number of rotatable bonds is 7. The van der Waals surface area contributed by atoms with Gasteiger partial charge in [0.1, 0.15) is 17.9 Å². The predicted octanol–water partition coefficient (Wildman–Crippen LogP) is 6.16. The summed E-state index contributed by atoms with van der Waals surface area (Å²) in [6, 6.07) is 8.45. The molecule has 6 rings (SSSR count). The van der Waals surface area contributed by atoms with Crippen LogP contribution in [0, 0.1) is 24.1 Å². The first-order valence-corrected chi connectivity index (χ1v) is 15.2. The van der Waals surface area contributed by atoms with E-state index in [4.69, 9.17) is 26.3 Å². The Hall–Kier alpha value is -4.20. The van der Waals surface area contributed by atoms with E-state index in [1.165, 1.54) is 12.1 Å². The zero-order valence-electron chi connectivity index (χ0n) is 24.8. The Morgan fingerprint density at radius 1 is 1.27 bits per heavy atom. The largest absolute Gasteiger partial charge is 0.508 e. The molecule has 3 atom stereocenters. The number of hydrogen-bond acceptors (Lipinski definition) is 7. The first-order valence-electron chi connectivity index (χ1n) is 14.8. The molecule has 4 aromatic rings.